The molecule has 0 aromatic rings. The lowest BCUT2D eigenvalue weighted by atomic mass is 10.6. The van der Waals surface area contributed by atoms with Gasteiger partial charge in [0.2, 0.25) is 0 Å². The topological polar surface area (TPSA) is 0 Å². The highest BCUT2D eigenvalue weighted by molar-refractivity contribution is 8.24. The summed E-state index contributed by atoms with van der Waals surface area (Å²) in [6, 6.07) is 0. The van der Waals surface area contributed by atoms with Crippen molar-refractivity contribution in [1.82, 2.24) is 0 Å². The summed E-state index contributed by atoms with van der Waals surface area (Å²) < 4.78 is 0.926. The third kappa shape index (κ3) is 1.90. The molecule has 1 aliphatic heterocycles. The fraction of sp³-hybridized carbons (Fsp3) is 1.00. The van der Waals surface area contributed by atoms with Crippen LogP contribution in [-0.2, 0) is 0 Å². The highest BCUT2D eigenvalue weighted by Gasteiger charge is 2.34. The van der Waals surface area contributed by atoms with Gasteiger partial charge >= 0.3 is 0 Å². The summed E-state index contributed by atoms with van der Waals surface area (Å²) in [5, 5.41) is 1.75. The molecule has 0 nitrogen and oxygen atoms in total. The maximum absolute atomic E-state index is 2.30. The molecule has 8 heavy (non-hydrogen) atoms. The average Bonchev–Trinajstić information content (AvgIpc) is 2.17. The first-order valence-corrected chi connectivity index (χ1v) is 4.89. The lowest BCUT2D eigenvalue weighted by molar-refractivity contribution is 1.10. The van der Waals surface area contributed by atoms with Crippen molar-refractivity contribution in [3.05, 3.63) is 0 Å². The predicted octanol–water partition coefficient (Wildman–Crippen LogP) is 2.59. The SMILES string of the molecule is CC(C)SC1SC1C. The van der Waals surface area contributed by atoms with Crippen molar-refractivity contribution in [1.29, 1.82) is 0 Å². The zero-order valence-electron chi connectivity index (χ0n) is 5.55. The molecule has 1 rings (SSSR count). The van der Waals surface area contributed by atoms with Gasteiger partial charge in [-0.25, -0.2) is 0 Å². The minimum absolute atomic E-state index is 0.817. The van der Waals surface area contributed by atoms with E-state index in [-0.39, 0.29) is 0 Å². The molecule has 0 saturated carbocycles. The van der Waals surface area contributed by atoms with Crippen molar-refractivity contribution in [2.75, 3.05) is 0 Å². The standard InChI is InChI=1S/C6H12S2/c1-4(2)7-6-5(3)8-6/h4-6H,1-3H3. The zero-order valence-corrected chi connectivity index (χ0v) is 7.18. The van der Waals surface area contributed by atoms with Gasteiger partial charge in [0.15, 0.2) is 0 Å². The van der Waals surface area contributed by atoms with Gasteiger partial charge in [-0.2, -0.15) is 0 Å². The van der Waals surface area contributed by atoms with Crippen molar-refractivity contribution in [3.63, 3.8) is 0 Å². The minimum atomic E-state index is 0.817. The van der Waals surface area contributed by atoms with Crippen LogP contribution in [0.2, 0.25) is 0 Å². The Morgan fingerprint density at radius 1 is 1.50 bits per heavy atom. The van der Waals surface area contributed by atoms with Gasteiger partial charge in [-0.15, -0.1) is 23.5 Å². The zero-order chi connectivity index (χ0) is 6.15. The molecule has 0 N–H and O–H groups in total. The van der Waals surface area contributed by atoms with E-state index in [4.69, 9.17) is 0 Å². The summed E-state index contributed by atoms with van der Waals surface area (Å²) in [5.41, 5.74) is 0. The summed E-state index contributed by atoms with van der Waals surface area (Å²) in [5.74, 6) is 0. The summed E-state index contributed by atoms with van der Waals surface area (Å²) in [6.07, 6.45) is 0. The van der Waals surface area contributed by atoms with Crippen LogP contribution in [0.25, 0.3) is 0 Å². The minimum Gasteiger partial charge on any atom is -0.144 e. The first-order chi connectivity index (χ1) is 3.70. The number of rotatable bonds is 2. The van der Waals surface area contributed by atoms with Gasteiger partial charge in [-0.05, 0) is 0 Å². The Kier molecular flexibility index (Phi) is 2.15. The van der Waals surface area contributed by atoms with E-state index in [2.05, 4.69) is 44.3 Å². The molecule has 2 heteroatoms. The molecule has 1 saturated heterocycles. The quantitative estimate of drug-likeness (QED) is 0.552. The van der Waals surface area contributed by atoms with E-state index in [9.17, 15) is 0 Å². The van der Waals surface area contributed by atoms with Crippen LogP contribution in [0.5, 0.6) is 0 Å². The predicted molar refractivity (Wildman–Crippen MR) is 43.6 cm³/mol. The van der Waals surface area contributed by atoms with Crippen molar-refractivity contribution in [2.24, 2.45) is 0 Å². The van der Waals surface area contributed by atoms with Gasteiger partial charge in [0.25, 0.3) is 0 Å². The van der Waals surface area contributed by atoms with Crippen LogP contribution < -0.4 is 0 Å². The van der Waals surface area contributed by atoms with Gasteiger partial charge < -0.3 is 0 Å². The van der Waals surface area contributed by atoms with Gasteiger partial charge in [-0.3, -0.25) is 0 Å². The number of hydrogen-bond acceptors (Lipinski definition) is 2. The molecule has 0 aromatic heterocycles. The molecular formula is C6H12S2. The molecule has 0 bridgehead atoms. The third-order valence-corrected chi connectivity index (χ3v) is 4.19. The second kappa shape index (κ2) is 2.53. The van der Waals surface area contributed by atoms with Crippen LogP contribution >= 0.6 is 23.5 Å². The first-order valence-electron chi connectivity index (χ1n) is 3.01. The van der Waals surface area contributed by atoms with Gasteiger partial charge in [0.1, 0.15) is 0 Å². The highest BCUT2D eigenvalue weighted by Crippen LogP contribution is 2.49. The van der Waals surface area contributed by atoms with E-state index < -0.39 is 0 Å². The molecule has 2 unspecified atom stereocenters. The van der Waals surface area contributed by atoms with E-state index in [1.807, 2.05) is 0 Å². The monoisotopic (exact) mass is 148 g/mol. The third-order valence-electron chi connectivity index (χ3n) is 1.06. The number of thioether (sulfide) groups is 2. The van der Waals surface area contributed by atoms with Crippen LogP contribution in [0.15, 0.2) is 0 Å². The Bertz CT molecular complexity index is 80.6. The molecule has 0 radical (unpaired) electrons. The molecule has 0 aliphatic carbocycles. The highest BCUT2D eigenvalue weighted by atomic mass is 32.2. The van der Waals surface area contributed by atoms with Gasteiger partial charge in [0.05, 0.1) is 4.58 Å². The molecule has 0 spiro atoms. The lowest BCUT2D eigenvalue weighted by Crippen LogP contribution is -1.90. The maximum atomic E-state index is 2.30. The van der Waals surface area contributed by atoms with Gasteiger partial charge in [0, 0.05) is 10.5 Å². The average molecular weight is 148 g/mol. The Morgan fingerprint density at radius 3 is 2.12 bits per heavy atom. The summed E-state index contributed by atoms with van der Waals surface area (Å²) in [7, 11) is 0. The van der Waals surface area contributed by atoms with Crippen LogP contribution in [0.3, 0.4) is 0 Å². The van der Waals surface area contributed by atoms with E-state index in [0.29, 0.717) is 0 Å². The molecule has 1 fully saturated rings. The fourth-order valence-electron chi connectivity index (χ4n) is 0.577. The molecule has 1 heterocycles. The molecule has 1 aliphatic rings. The molecular weight excluding hydrogens is 136 g/mol. The second-order valence-corrected chi connectivity index (χ2v) is 5.94. The van der Waals surface area contributed by atoms with E-state index in [0.717, 1.165) is 15.1 Å². The Morgan fingerprint density at radius 2 is 2.00 bits per heavy atom. The Hall–Kier alpha value is 0.700. The van der Waals surface area contributed by atoms with E-state index in [1.165, 1.54) is 0 Å². The molecule has 0 aromatic carbocycles. The van der Waals surface area contributed by atoms with Crippen molar-refractivity contribution < 1.29 is 0 Å². The second-order valence-electron chi connectivity index (χ2n) is 2.39. The van der Waals surface area contributed by atoms with Gasteiger partial charge in [-0.1, -0.05) is 20.8 Å². The van der Waals surface area contributed by atoms with Crippen LogP contribution in [-0.4, -0.2) is 15.1 Å². The molecule has 0 amide bonds. The molecule has 2 atom stereocenters. The lowest BCUT2D eigenvalue weighted by Gasteiger charge is -1.98. The van der Waals surface area contributed by atoms with Crippen LogP contribution in [0.1, 0.15) is 20.8 Å². The number of hydrogen-bond donors (Lipinski definition) is 0. The summed E-state index contributed by atoms with van der Waals surface area (Å²) in [4.78, 5) is 0. The van der Waals surface area contributed by atoms with Crippen molar-refractivity contribution >= 4 is 23.5 Å². The van der Waals surface area contributed by atoms with E-state index >= 15 is 0 Å². The van der Waals surface area contributed by atoms with Crippen molar-refractivity contribution in [2.45, 2.75) is 35.9 Å². The fourth-order valence-corrected chi connectivity index (χ4v) is 3.31. The smallest absolute Gasteiger partial charge is 0.0624 e. The van der Waals surface area contributed by atoms with E-state index in [1.54, 1.807) is 0 Å². The van der Waals surface area contributed by atoms with Crippen LogP contribution in [0, 0.1) is 0 Å². The maximum Gasteiger partial charge on any atom is 0.0624 e. The molecule has 48 valence electrons. The Labute approximate surface area is 59.8 Å². The largest absolute Gasteiger partial charge is 0.144 e. The first kappa shape index (κ1) is 6.81. The normalized spacial score (nSPS) is 36.0. The summed E-state index contributed by atoms with van der Waals surface area (Å²) in [6.45, 7) is 6.82. The van der Waals surface area contributed by atoms with Crippen molar-refractivity contribution in [3.8, 4) is 0 Å². The van der Waals surface area contributed by atoms with Crippen LogP contribution in [0.4, 0.5) is 0 Å². The summed E-state index contributed by atoms with van der Waals surface area (Å²) >= 11 is 4.17. The Balaban J connectivity index is 2.05.